The minimum atomic E-state index is -0.552. The van der Waals surface area contributed by atoms with E-state index in [0.29, 0.717) is 38.7 Å². The summed E-state index contributed by atoms with van der Waals surface area (Å²) in [5, 5.41) is 9.83. The van der Waals surface area contributed by atoms with E-state index in [2.05, 4.69) is 4.98 Å². The van der Waals surface area contributed by atoms with E-state index in [9.17, 15) is 4.79 Å². The zero-order valence-corrected chi connectivity index (χ0v) is 15.5. The maximum atomic E-state index is 13.0. The second-order valence-electron chi connectivity index (χ2n) is 6.64. The van der Waals surface area contributed by atoms with Gasteiger partial charge in [0.15, 0.2) is 5.75 Å². The van der Waals surface area contributed by atoms with Gasteiger partial charge in [-0.1, -0.05) is 35.9 Å². The van der Waals surface area contributed by atoms with Crippen LogP contribution < -0.4 is 15.9 Å². The van der Waals surface area contributed by atoms with E-state index >= 15 is 0 Å². The Bertz CT molecular complexity index is 1360. The van der Waals surface area contributed by atoms with Gasteiger partial charge in [0.25, 0.3) is 0 Å². The van der Waals surface area contributed by atoms with Crippen LogP contribution in [0.1, 0.15) is 22.6 Å². The number of nitrogens with one attached hydrogen (secondary N) is 1. The van der Waals surface area contributed by atoms with Crippen LogP contribution in [0.3, 0.4) is 0 Å². The smallest absolute Gasteiger partial charge is 0.344 e. The fourth-order valence-electron chi connectivity index (χ4n) is 3.62. The number of para-hydroxylation sites is 1. The zero-order valence-electron chi connectivity index (χ0n) is 14.8. The second-order valence-corrected chi connectivity index (χ2v) is 7.07. The lowest BCUT2D eigenvalue weighted by Crippen LogP contribution is -2.31. The van der Waals surface area contributed by atoms with Crippen molar-refractivity contribution in [3.8, 4) is 11.6 Å². The lowest BCUT2D eigenvalue weighted by atomic mass is 9.84. The molecule has 138 valence electrons. The normalized spacial score (nSPS) is 15.0. The number of halogens is 1. The first kappa shape index (κ1) is 16.8. The van der Waals surface area contributed by atoms with Gasteiger partial charge < -0.3 is 13.7 Å². The molecule has 2 aromatic heterocycles. The molecule has 0 amide bonds. The molecule has 0 fully saturated rings. The van der Waals surface area contributed by atoms with Crippen molar-refractivity contribution in [1.82, 2.24) is 9.55 Å². The molecule has 1 atom stereocenters. The Labute approximate surface area is 164 Å². The van der Waals surface area contributed by atoms with Gasteiger partial charge in [0.05, 0.1) is 28.8 Å². The highest BCUT2D eigenvalue weighted by Crippen LogP contribution is 2.46. The van der Waals surface area contributed by atoms with Crippen molar-refractivity contribution >= 4 is 22.6 Å². The second kappa shape index (κ2) is 6.07. The first-order valence-corrected chi connectivity index (χ1v) is 9.01. The average Bonchev–Trinajstić information content (AvgIpc) is 2.70. The van der Waals surface area contributed by atoms with Crippen LogP contribution in [0.5, 0.6) is 11.6 Å². The molecule has 7 heteroatoms. The predicted molar refractivity (Wildman–Crippen MR) is 104 cm³/mol. The molecule has 5 rings (SSSR count). The Morgan fingerprint density at radius 2 is 1.86 bits per heavy atom. The molecule has 1 aliphatic heterocycles. The van der Waals surface area contributed by atoms with Crippen LogP contribution in [0.2, 0.25) is 5.02 Å². The molecule has 6 nitrogen and oxygen atoms in total. The summed E-state index contributed by atoms with van der Waals surface area (Å²) in [7, 11) is 1.73. The summed E-state index contributed by atoms with van der Waals surface area (Å²) in [6.07, 6.45) is 1.53. The summed E-state index contributed by atoms with van der Waals surface area (Å²) in [6.45, 7) is 0. The summed E-state index contributed by atoms with van der Waals surface area (Å²) in [5.41, 5.74) is 1.84. The molecule has 1 N–H and O–H groups in total. The van der Waals surface area contributed by atoms with Crippen molar-refractivity contribution in [3.63, 3.8) is 0 Å². The molecule has 1 unspecified atom stereocenters. The maximum Gasteiger partial charge on any atom is 0.344 e. The number of ether oxygens (including phenoxy) is 1. The molecule has 0 saturated carbocycles. The van der Waals surface area contributed by atoms with Gasteiger partial charge in [-0.05, 0) is 29.8 Å². The van der Waals surface area contributed by atoms with Gasteiger partial charge in [-0.2, -0.15) is 0 Å². The number of fused-ring (bicyclic) bond motifs is 4. The van der Waals surface area contributed by atoms with Gasteiger partial charge in [-0.15, -0.1) is 0 Å². The van der Waals surface area contributed by atoms with Crippen molar-refractivity contribution in [2.24, 2.45) is 7.05 Å². The molecule has 3 heterocycles. The monoisotopic (exact) mass is 391 g/mol. The van der Waals surface area contributed by atoms with Crippen LogP contribution in [0, 0.1) is 5.41 Å². The van der Waals surface area contributed by atoms with E-state index in [1.54, 1.807) is 35.9 Å². The molecule has 0 saturated heterocycles. The number of benzene rings is 2. The number of aryl methyl sites for hydroxylation is 1. The Balaban J connectivity index is 1.92. The quantitative estimate of drug-likeness (QED) is 0.439. The Hall–Kier alpha value is -3.38. The van der Waals surface area contributed by atoms with Crippen molar-refractivity contribution in [1.29, 1.82) is 5.41 Å². The first-order valence-electron chi connectivity index (χ1n) is 8.64. The maximum absolute atomic E-state index is 13.0. The minimum Gasteiger partial charge on any atom is -0.437 e. The van der Waals surface area contributed by atoms with Crippen LogP contribution in [0.25, 0.3) is 11.0 Å². The van der Waals surface area contributed by atoms with Gasteiger partial charge in [-0.25, -0.2) is 9.78 Å². The van der Waals surface area contributed by atoms with Crippen LogP contribution in [-0.2, 0) is 7.05 Å². The number of aromatic nitrogens is 2. The van der Waals surface area contributed by atoms with Crippen LogP contribution in [0.4, 0.5) is 0 Å². The number of hydrogen-bond acceptors (Lipinski definition) is 5. The summed E-state index contributed by atoms with van der Waals surface area (Å²) < 4.78 is 13.2. The third-order valence-electron chi connectivity index (χ3n) is 4.96. The van der Waals surface area contributed by atoms with Crippen molar-refractivity contribution in [3.05, 3.63) is 92.5 Å². The minimum absolute atomic E-state index is 0.211. The molecule has 0 radical (unpaired) electrons. The van der Waals surface area contributed by atoms with Gasteiger partial charge in [0.2, 0.25) is 5.88 Å². The summed E-state index contributed by atoms with van der Waals surface area (Å²) in [4.78, 5) is 17.3. The van der Waals surface area contributed by atoms with E-state index in [0.717, 1.165) is 5.56 Å². The number of rotatable bonds is 1. The molecule has 28 heavy (non-hydrogen) atoms. The van der Waals surface area contributed by atoms with Gasteiger partial charge in [-0.3, -0.25) is 5.41 Å². The van der Waals surface area contributed by atoms with Crippen molar-refractivity contribution in [2.45, 2.75) is 5.92 Å². The topological polar surface area (TPSA) is 81.1 Å². The largest absolute Gasteiger partial charge is 0.437 e. The average molecular weight is 392 g/mol. The zero-order chi connectivity index (χ0) is 19.4. The molecule has 0 bridgehead atoms. The predicted octanol–water partition coefficient (Wildman–Crippen LogP) is 3.95. The van der Waals surface area contributed by atoms with E-state index in [4.69, 9.17) is 26.2 Å². The lowest BCUT2D eigenvalue weighted by Gasteiger charge is -2.27. The Morgan fingerprint density at radius 3 is 2.64 bits per heavy atom. The molecule has 2 aromatic carbocycles. The first-order chi connectivity index (χ1) is 13.5. The van der Waals surface area contributed by atoms with Gasteiger partial charge >= 0.3 is 5.63 Å². The highest BCUT2D eigenvalue weighted by atomic mass is 35.5. The molecule has 0 aliphatic carbocycles. The fraction of sp³-hybridized carbons (Fsp3) is 0.0952. The fourth-order valence-corrected chi connectivity index (χ4v) is 3.75. The van der Waals surface area contributed by atoms with E-state index in [1.165, 1.54) is 6.33 Å². The van der Waals surface area contributed by atoms with Crippen LogP contribution >= 0.6 is 11.6 Å². The molecule has 1 aliphatic rings. The SMILES string of the molecule is Cn1cnc2c(c1=N)C(c1ccc(Cl)cc1)c1c(c3ccccc3oc1=O)O2. The lowest BCUT2D eigenvalue weighted by molar-refractivity contribution is 0.415. The van der Waals surface area contributed by atoms with Gasteiger partial charge in [0, 0.05) is 12.1 Å². The van der Waals surface area contributed by atoms with E-state index in [1.807, 2.05) is 24.3 Å². The third-order valence-corrected chi connectivity index (χ3v) is 5.22. The van der Waals surface area contributed by atoms with E-state index in [-0.39, 0.29) is 5.49 Å². The Morgan fingerprint density at radius 1 is 1.11 bits per heavy atom. The van der Waals surface area contributed by atoms with Crippen LogP contribution in [0.15, 0.2) is 64.1 Å². The molecular weight excluding hydrogens is 378 g/mol. The number of hydrogen-bond donors (Lipinski definition) is 1. The van der Waals surface area contributed by atoms with E-state index < -0.39 is 11.5 Å². The molecule has 0 spiro atoms. The third kappa shape index (κ3) is 2.38. The molecule has 4 aromatic rings. The highest BCUT2D eigenvalue weighted by molar-refractivity contribution is 6.30. The number of nitrogens with zero attached hydrogens (tertiary/aromatic N) is 2. The van der Waals surface area contributed by atoms with Crippen molar-refractivity contribution in [2.75, 3.05) is 0 Å². The van der Waals surface area contributed by atoms with Crippen molar-refractivity contribution < 1.29 is 9.15 Å². The van der Waals surface area contributed by atoms with Crippen LogP contribution in [-0.4, -0.2) is 9.55 Å². The van der Waals surface area contributed by atoms with Gasteiger partial charge in [0.1, 0.15) is 11.1 Å². The summed E-state index contributed by atoms with van der Waals surface area (Å²) in [6, 6.07) is 14.4. The molecular formula is C21H14ClN3O3. The Kier molecular flexibility index (Phi) is 3.64. The summed E-state index contributed by atoms with van der Waals surface area (Å²) >= 11 is 6.06. The summed E-state index contributed by atoms with van der Waals surface area (Å²) in [5.74, 6) is 0.177. The standard InChI is InChI=1S/C21H14ClN3O3/c1-25-10-24-20-17(19(25)23)15(11-6-8-12(22)9-7-11)16-18(28-20)13-4-2-3-5-14(13)27-21(16)26/h2-10,15,23H,1H3. The highest BCUT2D eigenvalue weighted by Gasteiger charge is 2.36.